The summed E-state index contributed by atoms with van der Waals surface area (Å²) in [7, 11) is 0. The van der Waals surface area contributed by atoms with E-state index in [2.05, 4.69) is 15.3 Å². The molecule has 2 aliphatic rings. The van der Waals surface area contributed by atoms with Crippen molar-refractivity contribution >= 4 is 40.5 Å². The number of amides is 2. The lowest BCUT2D eigenvalue weighted by Crippen LogP contribution is -2.45. The Bertz CT molecular complexity index is 1200. The first kappa shape index (κ1) is 18.7. The molecule has 1 aliphatic carbocycles. The van der Waals surface area contributed by atoms with E-state index in [0.717, 1.165) is 40.9 Å². The van der Waals surface area contributed by atoms with Gasteiger partial charge in [0.05, 0.1) is 22.5 Å². The number of nitrogens with one attached hydrogen (secondary N) is 1. The number of aromatic nitrogens is 2. The molecule has 5 rings (SSSR count). The Kier molecular flexibility index (Phi) is 4.14. The molecule has 2 amide bonds. The molecule has 1 aliphatic heterocycles. The second-order valence-electron chi connectivity index (χ2n) is 8.02. The Balaban J connectivity index is 1.48. The fourth-order valence-electron chi connectivity index (χ4n) is 4.04. The summed E-state index contributed by atoms with van der Waals surface area (Å²) in [5, 5.41) is 4.90. The number of hydrogen-bond donors (Lipinski definition) is 2. The molecule has 1 fully saturated rings. The molecule has 8 heteroatoms. The molecular weight excluding hydrogens is 398 g/mol. The summed E-state index contributed by atoms with van der Waals surface area (Å²) < 4.78 is 0. The normalized spacial score (nSPS) is 16.5. The van der Waals surface area contributed by atoms with Crippen LogP contribution in [0.1, 0.15) is 44.9 Å². The van der Waals surface area contributed by atoms with Crippen molar-refractivity contribution in [1.29, 1.82) is 0 Å². The molecule has 1 aromatic carbocycles. The zero-order chi connectivity index (χ0) is 21.0. The maximum atomic E-state index is 13.4. The Hall–Kier alpha value is -3.26. The lowest BCUT2D eigenvalue weighted by Gasteiger charge is -2.34. The third-order valence-electron chi connectivity index (χ3n) is 5.78. The van der Waals surface area contributed by atoms with E-state index in [1.807, 2.05) is 43.5 Å². The minimum atomic E-state index is -0.592. The third-order valence-corrected chi connectivity index (χ3v) is 6.83. The maximum absolute atomic E-state index is 13.4. The zero-order valence-corrected chi connectivity index (χ0v) is 17.5. The molecule has 3 heterocycles. The number of anilines is 3. The number of nitrogens with zero attached hydrogens (tertiary/aromatic N) is 3. The fourth-order valence-corrected chi connectivity index (χ4v) is 4.84. The highest BCUT2D eigenvalue weighted by atomic mass is 32.1. The topological polar surface area (TPSA) is 101 Å². The zero-order valence-electron chi connectivity index (χ0n) is 16.7. The van der Waals surface area contributed by atoms with Gasteiger partial charge in [-0.1, -0.05) is 6.07 Å². The molecule has 0 bridgehead atoms. The standard InChI is InChI=1S/C22H21N5O2S/c1-12-7-17(30-11-12)19(28)25-15-4-3-13(2)16(8-15)27-10-14-9-24-21(23)26-18(14)22(5-6-22)20(27)29/h3-4,7-9,11H,5-6,10H2,1-2H3,(H,25,28)(H2,23,24,26). The third kappa shape index (κ3) is 2.95. The minimum absolute atomic E-state index is 0.0357. The van der Waals surface area contributed by atoms with E-state index >= 15 is 0 Å². The Labute approximate surface area is 178 Å². The number of thiophene rings is 1. The molecule has 2 aromatic heterocycles. The van der Waals surface area contributed by atoms with Gasteiger partial charge in [-0.2, -0.15) is 0 Å². The molecule has 3 N–H and O–H groups in total. The summed E-state index contributed by atoms with van der Waals surface area (Å²) in [4.78, 5) is 37.0. The van der Waals surface area contributed by atoms with Crippen LogP contribution in [0.25, 0.3) is 0 Å². The van der Waals surface area contributed by atoms with Crippen molar-refractivity contribution in [3.8, 4) is 0 Å². The second-order valence-corrected chi connectivity index (χ2v) is 8.93. The number of carbonyl (C=O) groups is 2. The number of nitrogens with two attached hydrogens (primary N) is 1. The van der Waals surface area contributed by atoms with Crippen molar-refractivity contribution in [2.24, 2.45) is 0 Å². The van der Waals surface area contributed by atoms with Crippen LogP contribution in [0.5, 0.6) is 0 Å². The molecule has 30 heavy (non-hydrogen) atoms. The molecule has 0 saturated heterocycles. The fraction of sp³-hybridized carbons (Fsp3) is 0.273. The average Bonchev–Trinajstić information content (AvgIpc) is 3.40. The van der Waals surface area contributed by atoms with E-state index in [4.69, 9.17) is 5.73 Å². The van der Waals surface area contributed by atoms with Crippen LogP contribution < -0.4 is 16.0 Å². The second kappa shape index (κ2) is 6.63. The van der Waals surface area contributed by atoms with Gasteiger partial charge in [0.1, 0.15) is 0 Å². The van der Waals surface area contributed by atoms with E-state index in [9.17, 15) is 9.59 Å². The van der Waals surface area contributed by atoms with E-state index in [1.54, 1.807) is 11.1 Å². The van der Waals surface area contributed by atoms with Crippen LogP contribution in [0, 0.1) is 13.8 Å². The Morgan fingerprint density at radius 3 is 2.77 bits per heavy atom. The molecule has 0 radical (unpaired) electrons. The highest BCUT2D eigenvalue weighted by molar-refractivity contribution is 7.12. The number of hydrogen-bond acceptors (Lipinski definition) is 6. The highest BCUT2D eigenvalue weighted by Crippen LogP contribution is 2.53. The van der Waals surface area contributed by atoms with Crippen LogP contribution in [0.15, 0.2) is 35.8 Å². The number of aryl methyl sites for hydroxylation is 2. The van der Waals surface area contributed by atoms with E-state index in [-0.39, 0.29) is 17.8 Å². The molecule has 0 atom stereocenters. The van der Waals surface area contributed by atoms with Crippen LogP contribution >= 0.6 is 11.3 Å². The molecule has 7 nitrogen and oxygen atoms in total. The van der Waals surface area contributed by atoms with Crippen molar-refractivity contribution in [2.45, 2.75) is 38.6 Å². The van der Waals surface area contributed by atoms with Gasteiger partial charge >= 0.3 is 0 Å². The van der Waals surface area contributed by atoms with E-state index < -0.39 is 5.41 Å². The van der Waals surface area contributed by atoms with Crippen molar-refractivity contribution in [1.82, 2.24) is 9.97 Å². The monoisotopic (exact) mass is 419 g/mol. The van der Waals surface area contributed by atoms with Gasteiger partial charge in [0.2, 0.25) is 11.9 Å². The van der Waals surface area contributed by atoms with Gasteiger partial charge in [-0.3, -0.25) is 9.59 Å². The summed E-state index contributed by atoms with van der Waals surface area (Å²) in [6.07, 6.45) is 3.25. The number of fused-ring (bicyclic) bond motifs is 2. The summed E-state index contributed by atoms with van der Waals surface area (Å²) in [6.45, 7) is 4.31. The number of carbonyl (C=O) groups excluding carboxylic acids is 2. The predicted molar refractivity (Wildman–Crippen MR) is 117 cm³/mol. The highest BCUT2D eigenvalue weighted by Gasteiger charge is 2.58. The van der Waals surface area contributed by atoms with Gasteiger partial charge in [-0.25, -0.2) is 9.97 Å². The van der Waals surface area contributed by atoms with Crippen molar-refractivity contribution in [3.63, 3.8) is 0 Å². The van der Waals surface area contributed by atoms with Gasteiger partial charge < -0.3 is 16.0 Å². The average molecular weight is 420 g/mol. The Morgan fingerprint density at radius 2 is 2.07 bits per heavy atom. The molecule has 0 unspecified atom stereocenters. The van der Waals surface area contributed by atoms with E-state index in [0.29, 0.717) is 17.1 Å². The quantitative estimate of drug-likeness (QED) is 0.676. The summed E-state index contributed by atoms with van der Waals surface area (Å²) in [6, 6.07) is 7.51. The van der Waals surface area contributed by atoms with Crippen LogP contribution in [0.2, 0.25) is 0 Å². The summed E-state index contributed by atoms with van der Waals surface area (Å²) in [5.41, 5.74) is 10.3. The largest absolute Gasteiger partial charge is 0.368 e. The predicted octanol–water partition coefficient (Wildman–Crippen LogP) is 3.57. The minimum Gasteiger partial charge on any atom is -0.368 e. The molecule has 152 valence electrons. The van der Waals surface area contributed by atoms with Gasteiger partial charge in [0.25, 0.3) is 5.91 Å². The maximum Gasteiger partial charge on any atom is 0.265 e. The van der Waals surface area contributed by atoms with Crippen molar-refractivity contribution in [2.75, 3.05) is 16.0 Å². The molecule has 1 saturated carbocycles. The first-order valence-electron chi connectivity index (χ1n) is 9.78. The first-order valence-corrected chi connectivity index (χ1v) is 10.7. The van der Waals surface area contributed by atoms with Gasteiger partial charge in [0.15, 0.2) is 0 Å². The molecular formula is C22H21N5O2S. The van der Waals surface area contributed by atoms with Crippen LogP contribution in [-0.2, 0) is 16.8 Å². The van der Waals surface area contributed by atoms with Crippen LogP contribution in [0.3, 0.4) is 0 Å². The number of benzene rings is 1. The number of nitrogen functional groups attached to an aromatic ring is 1. The molecule has 1 spiro atoms. The van der Waals surface area contributed by atoms with Gasteiger partial charge in [-0.05, 0) is 61.4 Å². The number of rotatable bonds is 3. The van der Waals surface area contributed by atoms with Crippen molar-refractivity contribution < 1.29 is 9.59 Å². The summed E-state index contributed by atoms with van der Waals surface area (Å²) in [5.74, 6) is 0.0836. The SMILES string of the molecule is Cc1csc(C(=O)Nc2ccc(C)c(N3Cc4cnc(N)nc4C4(CC4)C3=O)c2)c1. The summed E-state index contributed by atoms with van der Waals surface area (Å²) >= 11 is 1.41. The smallest absolute Gasteiger partial charge is 0.265 e. The Morgan fingerprint density at radius 1 is 1.27 bits per heavy atom. The van der Waals surface area contributed by atoms with Crippen LogP contribution in [0.4, 0.5) is 17.3 Å². The molecule has 3 aromatic rings. The van der Waals surface area contributed by atoms with Crippen molar-refractivity contribution in [3.05, 3.63) is 63.1 Å². The van der Waals surface area contributed by atoms with Gasteiger partial charge in [-0.15, -0.1) is 11.3 Å². The van der Waals surface area contributed by atoms with E-state index in [1.165, 1.54) is 11.3 Å². The first-order chi connectivity index (χ1) is 14.4. The lowest BCUT2D eigenvalue weighted by atomic mass is 9.91. The van der Waals surface area contributed by atoms with Gasteiger partial charge in [0, 0.05) is 23.1 Å². The van der Waals surface area contributed by atoms with Crippen LogP contribution in [-0.4, -0.2) is 21.8 Å². The lowest BCUT2D eigenvalue weighted by molar-refractivity contribution is -0.121.